The van der Waals surface area contributed by atoms with Crippen LogP contribution in [0.15, 0.2) is 54.6 Å². The van der Waals surface area contributed by atoms with Crippen LogP contribution in [0, 0.1) is 0 Å². The standard InChI is InChI=1S/C17H19NO3/c1-21-15-9-7-13(8-10-15)16(11-12-19)18-17(20)14-5-3-2-4-6-14/h2-10,16,19H,11-12H2,1H3,(H,18,20)/t16-/m0/s1. The number of nitrogens with one attached hydrogen (secondary N) is 1. The van der Waals surface area contributed by atoms with Gasteiger partial charge in [0.2, 0.25) is 0 Å². The highest BCUT2D eigenvalue weighted by Gasteiger charge is 2.15. The third kappa shape index (κ3) is 4.07. The van der Waals surface area contributed by atoms with E-state index in [-0.39, 0.29) is 18.6 Å². The summed E-state index contributed by atoms with van der Waals surface area (Å²) in [7, 11) is 1.61. The first-order chi connectivity index (χ1) is 10.2. The first-order valence-electron chi connectivity index (χ1n) is 6.85. The van der Waals surface area contributed by atoms with Crippen molar-refractivity contribution in [1.29, 1.82) is 0 Å². The van der Waals surface area contributed by atoms with Gasteiger partial charge >= 0.3 is 0 Å². The minimum absolute atomic E-state index is 0.00572. The number of ether oxygens (including phenoxy) is 1. The first kappa shape index (κ1) is 15.1. The van der Waals surface area contributed by atoms with Crippen LogP contribution in [-0.2, 0) is 0 Å². The van der Waals surface area contributed by atoms with Gasteiger partial charge in [-0.2, -0.15) is 0 Å². The molecule has 0 unspecified atom stereocenters. The third-order valence-corrected chi connectivity index (χ3v) is 3.28. The van der Waals surface area contributed by atoms with E-state index in [0.717, 1.165) is 11.3 Å². The predicted octanol–water partition coefficient (Wildman–Crippen LogP) is 2.55. The second-order valence-electron chi connectivity index (χ2n) is 4.68. The molecule has 0 aromatic heterocycles. The molecule has 2 aromatic carbocycles. The molecule has 0 spiro atoms. The van der Waals surface area contributed by atoms with E-state index in [9.17, 15) is 9.90 Å². The molecule has 0 aliphatic rings. The number of carbonyl (C=O) groups is 1. The second kappa shape index (κ2) is 7.45. The summed E-state index contributed by atoms with van der Waals surface area (Å²) >= 11 is 0. The maximum atomic E-state index is 12.2. The fraction of sp³-hybridized carbons (Fsp3) is 0.235. The molecule has 0 radical (unpaired) electrons. The van der Waals surface area contributed by atoms with Crippen LogP contribution < -0.4 is 10.1 Å². The monoisotopic (exact) mass is 285 g/mol. The van der Waals surface area contributed by atoms with Crippen LogP contribution in [0.25, 0.3) is 0 Å². The Balaban J connectivity index is 2.13. The molecule has 4 nitrogen and oxygen atoms in total. The summed E-state index contributed by atoms with van der Waals surface area (Å²) in [5, 5.41) is 12.2. The van der Waals surface area contributed by atoms with Gasteiger partial charge in [0.15, 0.2) is 0 Å². The molecule has 1 atom stereocenters. The van der Waals surface area contributed by atoms with E-state index in [1.807, 2.05) is 42.5 Å². The maximum Gasteiger partial charge on any atom is 0.251 e. The average molecular weight is 285 g/mol. The SMILES string of the molecule is COc1ccc([C@H](CCO)NC(=O)c2ccccc2)cc1. The molecule has 0 saturated heterocycles. The number of aliphatic hydroxyl groups is 1. The van der Waals surface area contributed by atoms with Crippen molar-refractivity contribution in [2.45, 2.75) is 12.5 Å². The lowest BCUT2D eigenvalue weighted by molar-refractivity contribution is 0.0930. The lowest BCUT2D eigenvalue weighted by Crippen LogP contribution is -2.29. The van der Waals surface area contributed by atoms with E-state index in [2.05, 4.69) is 5.32 Å². The Morgan fingerprint density at radius 2 is 1.81 bits per heavy atom. The Bertz CT molecular complexity index is 566. The number of methoxy groups -OCH3 is 1. The van der Waals surface area contributed by atoms with Crippen molar-refractivity contribution in [3.63, 3.8) is 0 Å². The van der Waals surface area contributed by atoms with Crippen molar-refractivity contribution < 1.29 is 14.6 Å². The van der Waals surface area contributed by atoms with Gasteiger partial charge in [-0.1, -0.05) is 30.3 Å². The molecule has 4 heteroatoms. The van der Waals surface area contributed by atoms with E-state index in [1.165, 1.54) is 0 Å². The highest BCUT2D eigenvalue weighted by atomic mass is 16.5. The fourth-order valence-corrected chi connectivity index (χ4v) is 2.12. The molecule has 0 fully saturated rings. The Hall–Kier alpha value is -2.33. The lowest BCUT2D eigenvalue weighted by Gasteiger charge is -2.18. The van der Waals surface area contributed by atoms with Gasteiger partial charge in [0.25, 0.3) is 5.91 Å². The number of carbonyl (C=O) groups excluding carboxylic acids is 1. The molecule has 0 aliphatic heterocycles. The first-order valence-corrected chi connectivity index (χ1v) is 6.85. The molecule has 2 rings (SSSR count). The molecular weight excluding hydrogens is 266 g/mol. The summed E-state index contributed by atoms with van der Waals surface area (Å²) in [6, 6.07) is 16.3. The lowest BCUT2D eigenvalue weighted by atomic mass is 10.0. The van der Waals surface area contributed by atoms with Crippen LogP contribution in [0.5, 0.6) is 5.75 Å². The zero-order chi connectivity index (χ0) is 15.1. The third-order valence-electron chi connectivity index (χ3n) is 3.28. The van der Waals surface area contributed by atoms with Gasteiger partial charge in [-0.25, -0.2) is 0 Å². The molecule has 110 valence electrons. The van der Waals surface area contributed by atoms with E-state index in [0.29, 0.717) is 12.0 Å². The van der Waals surface area contributed by atoms with Gasteiger partial charge in [-0.05, 0) is 36.2 Å². The van der Waals surface area contributed by atoms with Crippen LogP contribution in [-0.4, -0.2) is 24.7 Å². The molecule has 2 aromatic rings. The Morgan fingerprint density at radius 3 is 2.38 bits per heavy atom. The van der Waals surface area contributed by atoms with Crippen molar-refractivity contribution in [2.24, 2.45) is 0 Å². The predicted molar refractivity (Wildman–Crippen MR) is 81.3 cm³/mol. The normalized spacial score (nSPS) is 11.7. The maximum absolute atomic E-state index is 12.2. The van der Waals surface area contributed by atoms with E-state index >= 15 is 0 Å². The minimum atomic E-state index is -0.228. The number of aliphatic hydroxyl groups excluding tert-OH is 1. The van der Waals surface area contributed by atoms with Gasteiger partial charge in [0.1, 0.15) is 5.75 Å². The van der Waals surface area contributed by atoms with Crippen molar-refractivity contribution in [2.75, 3.05) is 13.7 Å². The molecule has 0 saturated carbocycles. The van der Waals surface area contributed by atoms with Gasteiger partial charge in [-0.15, -0.1) is 0 Å². The molecule has 2 N–H and O–H groups in total. The molecular formula is C17H19NO3. The van der Waals surface area contributed by atoms with Gasteiger partial charge in [-0.3, -0.25) is 4.79 Å². The topological polar surface area (TPSA) is 58.6 Å². The Morgan fingerprint density at radius 1 is 1.14 bits per heavy atom. The Labute approximate surface area is 124 Å². The zero-order valence-corrected chi connectivity index (χ0v) is 12.0. The quantitative estimate of drug-likeness (QED) is 0.857. The largest absolute Gasteiger partial charge is 0.497 e. The van der Waals surface area contributed by atoms with E-state index < -0.39 is 0 Å². The number of hydrogen-bond acceptors (Lipinski definition) is 3. The van der Waals surface area contributed by atoms with Crippen molar-refractivity contribution in [3.05, 3.63) is 65.7 Å². The van der Waals surface area contributed by atoms with Crippen LogP contribution in [0.1, 0.15) is 28.4 Å². The molecule has 0 aliphatic carbocycles. The van der Waals surface area contributed by atoms with Crippen molar-refractivity contribution in [3.8, 4) is 5.75 Å². The summed E-state index contributed by atoms with van der Waals surface area (Å²) in [6.45, 7) is 0.00572. The summed E-state index contributed by atoms with van der Waals surface area (Å²) in [4.78, 5) is 12.2. The summed E-state index contributed by atoms with van der Waals surface area (Å²) in [5.74, 6) is 0.612. The Kier molecular flexibility index (Phi) is 5.35. The van der Waals surface area contributed by atoms with E-state index in [1.54, 1.807) is 19.2 Å². The highest BCUT2D eigenvalue weighted by molar-refractivity contribution is 5.94. The molecule has 21 heavy (non-hydrogen) atoms. The smallest absolute Gasteiger partial charge is 0.251 e. The van der Waals surface area contributed by atoms with Gasteiger partial charge in [0.05, 0.1) is 13.2 Å². The number of rotatable bonds is 6. The van der Waals surface area contributed by atoms with E-state index in [4.69, 9.17) is 4.74 Å². The van der Waals surface area contributed by atoms with Crippen LogP contribution in [0.3, 0.4) is 0 Å². The highest BCUT2D eigenvalue weighted by Crippen LogP contribution is 2.20. The summed E-state index contributed by atoms with van der Waals surface area (Å²) in [5.41, 5.74) is 1.54. The summed E-state index contributed by atoms with van der Waals surface area (Å²) in [6.07, 6.45) is 0.463. The van der Waals surface area contributed by atoms with Crippen LogP contribution in [0.2, 0.25) is 0 Å². The number of amides is 1. The summed E-state index contributed by atoms with van der Waals surface area (Å²) < 4.78 is 5.12. The second-order valence-corrected chi connectivity index (χ2v) is 4.68. The number of benzene rings is 2. The van der Waals surface area contributed by atoms with Gasteiger partial charge in [0, 0.05) is 12.2 Å². The molecule has 1 amide bonds. The molecule has 0 bridgehead atoms. The van der Waals surface area contributed by atoms with Crippen molar-refractivity contribution in [1.82, 2.24) is 5.32 Å². The van der Waals surface area contributed by atoms with Crippen molar-refractivity contribution >= 4 is 5.91 Å². The number of hydrogen-bond donors (Lipinski definition) is 2. The zero-order valence-electron chi connectivity index (χ0n) is 12.0. The molecule has 0 heterocycles. The van der Waals surface area contributed by atoms with Gasteiger partial charge < -0.3 is 15.2 Å². The average Bonchev–Trinajstić information content (AvgIpc) is 2.55. The minimum Gasteiger partial charge on any atom is -0.497 e. The van der Waals surface area contributed by atoms with Crippen LogP contribution >= 0.6 is 0 Å². The fourth-order valence-electron chi connectivity index (χ4n) is 2.12. The van der Waals surface area contributed by atoms with Crippen LogP contribution in [0.4, 0.5) is 0 Å².